The Morgan fingerprint density at radius 1 is 1.33 bits per heavy atom. The highest BCUT2D eigenvalue weighted by atomic mass is 16.5. The molecule has 0 aliphatic carbocycles. The van der Waals surface area contributed by atoms with Gasteiger partial charge in [0.2, 0.25) is 0 Å². The molecule has 2 atom stereocenters. The van der Waals surface area contributed by atoms with Gasteiger partial charge < -0.3 is 9.64 Å². The third kappa shape index (κ3) is 4.25. The van der Waals surface area contributed by atoms with Crippen LogP contribution in [0.25, 0.3) is 0 Å². The molecular formula is C14H28N2O2. The van der Waals surface area contributed by atoms with Gasteiger partial charge in [0.05, 0.1) is 13.0 Å². The number of ether oxygens (including phenoxy) is 1. The lowest BCUT2D eigenvalue weighted by molar-refractivity contribution is -0.147. The normalized spacial score (nSPS) is 21.9. The maximum atomic E-state index is 11.6. The lowest BCUT2D eigenvalue weighted by Crippen LogP contribution is -2.46. The number of hydrogen-bond donors (Lipinski definition) is 0. The van der Waals surface area contributed by atoms with Gasteiger partial charge in [-0.05, 0) is 52.9 Å². The monoisotopic (exact) mass is 256 g/mol. The zero-order chi connectivity index (χ0) is 13.7. The van der Waals surface area contributed by atoms with Crippen molar-refractivity contribution in [3.8, 4) is 0 Å². The van der Waals surface area contributed by atoms with Crippen LogP contribution in [-0.2, 0) is 9.53 Å². The van der Waals surface area contributed by atoms with E-state index >= 15 is 0 Å². The van der Waals surface area contributed by atoms with Crippen LogP contribution in [0.1, 0.15) is 26.7 Å². The first-order valence-electron chi connectivity index (χ1n) is 6.92. The van der Waals surface area contributed by atoms with Crippen molar-refractivity contribution in [1.29, 1.82) is 0 Å². The average Bonchev–Trinajstić information content (AvgIpc) is 2.36. The van der Waals surface area contributed by atoms with Gasteiger partial charge >= 0.3 is 5.97 Å². The fourth-order valence-electron chi connectivity index (χ4n) is 2.76. The van der Waals surface area contributed by atoms with Crippen LogP contribution in [0, 0.1) is 11.8 Å². The van der Waals surface area contributed by atoms with E-state index in [0.29, 0.717) is 0 Å². The molecule has 4 nitrogen and oxygen atoms in total. The summed E-state index contributed by atoms with van der Waals surface area (Å²) in [6.45, 7) is 7.47. The summed E-state index contributed by atoms with van der Waals surface area (Å²) in [6, 6.07) is 0.276. The fourth-order valence-corrected chi connectivity index (χ4v) is 2.76. The van der Waals surface area contributed by atoms with Crippen LogP contribution < -0.4 is 0 Å². The van der Waals surface area contributed by atoms with Gasteiger partial charge in [-0.25, -0.2) is 0 Å². The molecule has 0 aromatic heterocycles. The van der Waals surface area contributed by atoms with Crippen molar-refractivity contribution in [3.63, 3.8) is 0 Å². The first kappa shape index (κ1) is 15.4. The van der Waals surface area contributed by atoms with Gasteiger partial charge in [-0.2, -0.15) is 0 Å². The highest BCUT2D eigenvalue weighted by Crippen LogP contribution is 2.22. The molecule has 1 aliphatic heterocycles. The Bertz CT molecular complexity index is 261. The van der Waals surface area contributed by atoms with E-state index in [-0.39, 0.29) is 17.9 Å². The van der Waals surface area contributed by atoms with E-state index in [9.17, 15) is 4.79 Å². The molecule has 0 saturated carbocycles. The van der Waals surface area contributed by atoms with Crippen molar-refractivity contribution >= 4 is 5.97 Å². The Kier molecular flexibility index (Phi) is 6.09. The van der Waals surface area contributed by atoms with Crippen molar-refractivity contribution < 1.29 is 9.53 Å². The fraction of sp³-hybridized carbons (Fsp3) is 0.929. The van der Waals surface area contributed by atoms with Gasteiger partial charge in [-0.15, -0.1) is 0 Å². The molecule has 0 amide bonds. The van der Waals surface area contributed by atoms with Crippen LogP contribution in [0.5, 0.6) is 0 Å². The molecule has 1 fully saturated rings. The van der Waals surface area contributed by atoms with E-state index in [0.717, 1.165) is 19.0 Å². The van der Waals surface area contributed by atoms with E-state index in [1.54, 1.807) is 0 Å². The number of nitrogens with zero attached hydrogens (tertiary/aromatic N) is 2. The average molecular weight is 256 g/mol. The Morgan fingerprint density at radius 3 is 2.33 bits per heavy atom. The number of rotatable bonds is 5. The summed E-state index contributed by atoms with van der Waals surface area (Å²) in [6.07, 6.45) is 2.47. The van der Waals surface area contributed by atoms with Crippen LogP contribution in [0.2, 0.25) is 0 Å². The molecule has 0 spiro atoms. The molecule has 0 bridgehead atoms. The topological polar surface area (TPSA) is 32.8 Å². The van der Waals surface area contributed by atoms with Gasteiger partial charge in [-0.3, -0.25) is 9.69 Å². The van der Waals surface area contributed by atoms with Crippen molar-refractivity contribution in [2.75, 3.05) is 40.8 Å². The summed E-state index contributed by atoms with van der Waals surface area (Å²) in [5.74, 6) is 0.662. The Morgan fingerprint density at radius 2 is 1.89 bits per heavy atom. The predicted molar refractivity (Wildman–Crippen MR) is 73.5 cm³/mol. The minimum absolute atomic E-state index is 0.0413. The molecule has 18 heavy (non-hydrogen) atoms. The minimum Gasteiger partial charge on any atom is -0.469 e. The molecule has 4 heteroatoms. The molecule has 106 valence electrons. The number of methoxy groups -OCH3 is 1. The highest BCUT2D eigenvalue weighted by Gasteiger charge is 2.29. The molecule has 1 rings (SSSR count). The molecule has 2 unspecified atom stereocenters. The van der Waals surface area contributed by atoms with E-state index in [2.05, 4.69) is 30.8 Å². The van der Waals surface area contributed by atoms with Crippen molar-refractivity contribution in [1.82, 2.24) is 9.80 Å². The van der Waals surface area contributed by atoms with Gasteiger partial charge in [0.25, 0.3) is 0 Å². The molecule has 1 heterocycles. The quantitative estimate of drug-likeness (QED) is 0.697. The first-order valence-corrected chi connectivity index (χ1v) is 6.92. The summed E-state index contributed by atoms with van der Waals surface area (Å²) >= 11 is 0. The summed E-state index contributed by atoms with van der Waals surface area (Å²) in [7, 11) is 5.73. The number of piperidine rings is 1. The number of esters is 1. The largest absolute Gasteiger partial charge is 0.469 e. The number of carbonyl (C=O) groups is 1. The number of carbonyl (C=O) groups excluding carboxylic acids is 1. The second-order valence-corrected chi connectivity index (χ2v) is 5.79. The molecule has 0 aromatic carbocycles. The lowest BCUT2D eigenvalue weighted by Gasteiger charge is -2.38. The summed E-state index contributed by atoms with van der Waals surface area (Å²) in [4.78, 5) is 16.2. The van der Waals surface area contributed by atoms with E-state index < -0.39 is 0 Å². The Hall–Kier alpha value is -0.610. The zero-order valence-electron chi connectivity index (χ0n) is 12.5. The standard InChI is InChI=1S/C14H28N2O2/c1-11(14(17)18-5)12(2)16-8-6-13(7-9-16)10-15(3)4/h11-13H,6-10H2,1-5H3. The Labute approximate surface area is 111 Å². The van der Waals surface area contributed by atoms with Crippen molar-refractivity contribution in [2.45, 2.75) is 32.7 Å². The smallest absolute Gasteiger partial charge is 0.309 e. The van der Waals surface area contributed by atoms with Crippen LogP contribution in [0.3, 0.4) is 0 Å². The zero-order valence-corrected chi connectivity index (χ0v) is 12.5. The van der Waals surface area contributed by atoms with Crippen molar-refractivity contribution in [3.05, 3.63) is 0 Å². The van der Waals surface area contributed by atoms with Crippen LogP contribution >= 0.6 is 0 Å². The summed E-state index contributed by atoms with van der Waals surface area (Å²) in [5.41, 5.74) is 0. The second-order valence-electron chi connectivity index (χ2n) is 5.79. The van der Waals surface area contributed by atoms with Crippen LogP contribution in [0.15, 0.2) is 0 Å². The number of likely N-dealkylation sites (tertiary alicyclic amines) is 1. The van der Waals surface area contributed by atoms with Crippen molar-refractivity contribution in [2.24, 2.45) is 11.8 Å². The maximum absolute atomic E-state index is 11.6. The summed E-state index contributed by atoms with van der Waals surface area (Å²) < 4.78 is 4.83. The summed E-state index contributed by atoms with van der Waals surface area (Å²) in [5, 5.41) is 0. The molecule has 1 aliphatic rings. The van der Waals surface area contributed by atoms with E-state index in [1.807, 2.05) is 6.92 Å². The van der Waals surface area contributed by atoms with Gasteiger partial charge in [0, 0.05) is 12.6 Å². The first-order chi connectivity index (χ1) is 8.45. The predicted octanol–water partition coefficient (Wildman–Crippen LogP) is 1.46. The lowest BCUT2D eigenvalue weighted by atomic mass is 9.93. The van der Waals surface area contributed by atoms with Crippen LogP contribution in [0.4, 0.5) is 0 Å². The molecule has 0 radical (unpaired) electrons. The maximum Gasteiger partial charge on any atom is 0.309 e. The van der Waals surface area contributed by atoms with Crippen LogP contribution in [-0.4, -0.2) is 62.7 Å². The van der Waals surface area contributed by atoms with Gasteiger partial charge in [0.15, 0.2) is 0 Å². The molecule has 0 aromatic rings. The third-order valence-electron chi connectivity index (χ3n) is 4.15. The molecular weight excluding hydrogens is 228 g/mol. The van der Waals surface area contributed by atoms with Gasteiger partial charge in [-0.1, -0.05) is 6.92 Å². The van der Waals surface area contributed by atoms with E-state index in [1.165, 1.54) is 26.5 Å². The van der Waals surface area contributed by atoms with E-state index in [4.69, 9.17) is 4.74 Å². The molecule has 0 N–H and O–H groups in total. The SMILES string of the molecule is COC(=O)C(C)C(C)N1CCC(CN(C)C)CC1. The third-order valence-corrected chi connectivity index (χ3v) is 4.15. The second kappa shape index (κ2) is 7.10. The molecule has 1 saturated heterocycles. The minimum atomic E-state index is -0.0992. The highest BCUT2D eigenvalue weighted by molar-refractivity contribution is 5.72. The number of hydrogen-bond acceptors (Lipinski definition) is 4. The Balaban J connectivity index is 2.40. The van der Waals surface area contributed by atoms with Gasteiger partial charge in [0.1, 0.15) is 0 Å².